The zero-order valence-corrected chi connectivity index (χ0v) is 24.0. The van der Waals surface area contributed by atoms with Gasteiger partial charge in [-0.3, -0.25) is 4.79 Å². The van der Waals surface area contributed by atoms with Crippen LogP contribution in [0.5, 0.6) is 11.5 Å². The van der Waals surface area contributed by atoms with Crippen molar-refractivity contribution in [1.82, 2.24) is 0 Å². The van der Waals surface area contributed by atoms with E-state index in [1.165, 1.54) is 19.3 Å². The van der Waals surface area contributed by atoms with E-state index in [-0.39, 0.29) is 28.9 Å². The number of amides is 1. The van der Waals surface area contributed by atoms with Crippen molar-refractivity contribution in [2.45, 2.75) is 97.2 Å². The van der Waals surface area contributed by atoms with Crippen LogP contribution in [0.1, 0.15) is 85.0 Å². The fraction of sp³-hybridized carbons (Fsp3) is 0.781. The molecule has 4 saturated carbocycles. The van der Waals surface area contributed by atoms with Crippen molar-refractivity contribution in [1.29, 1.82) is 0 Å². The van der Waals surface area contributed by atoms with E-state index in [1.54, 1.807) is 20.3 Å². The van der Waals surface area contributed by atoms with Gasteiger partial charge in [0.1, 0.15) is 11.5 Å². The number of hydrogen-bond donors (Lipinski definition) is 3. The molecule has 0 aromatic heterocycles. The summed E-state index contributed by atoms with van der Waals surface area (Å²) >= 11 is 0. The summed E-state index contributed by atoms with van der Waals surface area (Å²) in [7, 11) is 3.20. The van der Waals surface area contributed by atoms with Crippen LogP contribution in [0.25, 0.3) is 0 Å². The predicted molar refractivity (Wildman–Crippen MR) is 149 cm³/mol. The number of ether oxygens (including phenoxy) is 2. The van der Waals surface area contributed by atoms with E-state index in [9.17, 15) is 15.0 Å². The van der Waals surface area contributed by atoms with Gasteiger partial charge in [-0.2, -0.15) is 0 Å². The molecule has 0 spiro atoms. The van der Waals surface area contributed by atoms with Crippen LogP contribution in [0.15, 0.2) is 18.2 Å². The number of nitrogens with one attached hydrogen (secondary N) is 1. The molecule has 3 N–H and O–H groups in total. The molecule has 1 aromatic rings. The van der Waals surface area contributed by atoms with Gasteiger partial charge >= 0.3 is 0 Å². The molecule has 38 heavy (non-hydrogen) atoms. The summed E-state index contributed by atoms with van der Waals surface area (Å²) in [6, 6.07) is 5.42. The summed E-state index contributed by atoms with van der Waals surface area (Å²) in [5, 5.41) is 25.1. The summed E-state index contributed by atoms with van der Waals surface area (Å²) in [6.07, 6.45) is 9.54. The first-order valence-electron chi connectivity index (χ1n) is 15.0. The number of rotatable bonds is 7. The van der Waals surface area contributed by atoms with E-state index in [2.05, 4.69) is 26.1 Å². The average molecular weight is 528 g/mol. The number of methoxy groups -OCH3 is 2. The lowest BCUT2D eigenvalue weighted by atomic mass is 9.43. The summed E-state index contributed by atoms with van der Waals surface area (Å²) in [5.74, 6) is 4.50. The molecule has 0 radical (unpaired) electrons. The Morgan fingerprint density at radius 2 is 1.84 bits per heavy atom. The van der Waals surface area contributed by atoms with Gasteiger partial charge in [-0.25, -0.2) is 0 Å². The minimum absolute atomic E-state index is 0.00462. The zero-order valence-electron chi connectivity index (χ0n) is 24.0. The Balaban J connectivity index is 1.23. The monoisotopic (exact) mass is 527 g/mol. The van der Waals surface area contributed by atoms with E-state index in [1.807, 2.05) is 12.1 Å². The third-order valence-corrected chi connectivity index (χ3v) is 12.0. The van der Waals surface area contributed by atoms with Gasteiger partial charge in [-0.15, -0.1) is 0 Å². The smallest absolute Gasteiger partial charge is 0.224 e. The maximum atomic E-state index is 12.9. The topological polar surface area (TPSA) is 88.0 Å². The third-order valence-electron chi connectivity index (χ3n) is 12.0. The predicted octanol–water partition coefficient (Wildman–Crippen LogP) is 6.05. The number of benzene rings is 1. The maximum absolute atomic E-state index is 12.9. The number of carbonyl (C=O) groups is 1. The summed E-state index contributed by atoms with van der Waals surface area (Å²) in [4.78, 5) is 12.9. The standard InChI is InChI=1S/C32H49NO5/c1-19(6-13-30(36)33-27-12-8-22(37-4)17-28(27)38-5)24-10-11-25-23-9-7-20-16-21(34)14-15-31(20,2)26(23)18-29(35)32(24,25)3/h8,12,17,19-21,23-26,29,34-35H,6-7,9-11,13-16,18H2,1-5H3,(H,33,36)/t19-,20+,21-,23+,24+,25-,26-,29+,31+,32-/m1/s1. The van der Waals surface area contributed by atoms with Crippen LogP contribution in [0, 0.1) is 46.3 Å². The molecule has 0 bridgehead atoms. The number of carbonyl (C=O) groups excluding carboxylic acids is 1. The first-order valence-corrected chi connectivity index (χ1v) is 15.0. The Morgan fingerprint density at radius 3 is 2.58 bits per heavy atom. The van der Waals surface area contributed by atoms with Crippen LogP contribution >= 0.6 is 0 Å². The molecule has 0 heterocycles. The van der Waals surface area contributed by atoms with Crippen molar-refractivity contribution in [3.8, 4) is 11.5 Å². The molecule has 4 aliphatic carbocycles. The lowest BCUT2D eigenvalue weighted by molar-refractivity contribution is -0.174. The first-order chi connectivity index (χ1) is 18.1. The minimum Gasteiger partial charge on any atom is -0.497 e. The Hall–Kier alpha value is -1.79. The molecular weight excluding hydrogens is 478 g/mol. The fourth-order valence-corrected chi connectivity index (χ4v) is 9.83. The van der Waals surface area contributed by atoms with Gasteiger partial charge in [0.2, 0.25) is 5.91 Å². The van der Waals surface area contributed by atoms with Crippen molar-refractivity contribution in [2.24, 2.45) is 46.3 Å². The summed E-state index contributed by atoms with van der Waals surface area (Å²) in [6.45, 7) is 7.13. The molecule has 1 amide bonds. The highest BCUT2D eigenvalue weighted by Gasteiger charge is 2.63. The van der Waals surface area contributed by atoms with E-state index in [4.69, 9.17) is 9.47 Å². The molecule has 4 fully saturated rings. The van der Waals surface area contributed by atoms with Crippen LogP contribution in [-0.2, 0) is 4.79 Å². The molecule has 6 nitrogen and oxygen atoms in total. The highest BCUT2D eigenvalue weighted by atomic mass is 16.5. The lowest BCUT2D eigenvalue weighted by Gasteiger charge is -2.62. The lowest BCUT2D eigenvalue weighted by Crippen LogP contribution is -2.58. The van der Waals surface area contributed by atoms with Crippen LogP contribution in [0.4, 0.5) is 5.69 Å². The second-order valence-electron chi connectivity index (χ2n) is 13.5. The molecule has 212 valence electrons. The Labute approximate surface area is 228 Å². The van der Waals surface area contributed by atoms with Gasteiger partial charge in [0.25, 0.3) is 0 Å². The molecule has 10 atom stereocenters. The second-order valence-corrected chi connectivity index (χ2v) is 13.5. The van der Waals surface area contributed by atoms with E-state index in [0.29, 0.717) is 59.1 Å². The van der Waals surface area contributed by atoms with Crippen molar-refractivity contribution < 1.29 is 24.5 Å². The molecule has 0 aliphatic heterocycles. The Kier molecular flexibility index (Phi) is 7.78. The fourth-order valence-electron chi connectivity index (χ4n) is 9.83. The molecule has 5 rings (SSSR count). The van der Waals surface area contributed by atoms with Gasteiger partial charge in [0, 0.05) is 12.5 Å². The van der Waals surface area contributed by atoms with Gasteiger partial charge in [-0.05, 0) is 116 Å². The van der Waals surface area contributed by atoms with Gasteiger partial charge in [0.15, 0.2) is 0 Å². The highest BCUT2D eigenvalue weighted by molar-refractivity contribution is 5.92. The first kappa shape index (κ1) is 27.8. The largest absolute Gasteiger partial charge is 0.497 e. The van der Waals surface area contributed by atoms with E-state index in [0.717, 1.165) is 38.5 Å². The molecule has 0 saturated heterocycles. The van der Waals surface area contributed by atoms with E-state index >= 15 is 0 Å². The van der Waals surface area contributed by atoms with Crippen LogP contribution in [0.2, 0.25) is 0 Å². The summed E-state index contributed by atoms with van der Waals surface area (Å²) < 4.78 is 10.7. The highest BCUT2D eigenvalue weighted by Crippen LogP contribution is 2.68. The number of aliphatic hydroxyl groups is 2. The molecule has 0 unspecified atom stereocenters. The number of fused-ring (bicyclic) bond motifs is 5. The zero-order chi connectivity index (χ0) is 27.2. The normalized spacial score (nSPS) is 40.9. The van der Waals surface area contributed by atoms with Crippen molar-refractivity contribution in [3.05, 3.63) is 18.2 Å². The van der Waals surface area contributed by atoms with Gasteiger partial charge in [0.05, 0.1) is 32.1 Å². The molecular formula is C32H49NO5. The molecule has 6 heteroatoms. The number of anilines is 1. The van der Waals surface area contributed by atoms with Gasteiger partial charge < -0.3 is 25.0 Å². The van der Waals surface area contributed by atoms with Crippen molar-refractivity contribution in [3.63, 3.8) is 0 Å². The molecule has 4 aliphatic rings. The van der Waals surface area contributed by atoms with E-state index < -0.39 is 0 Å². The molecule has 1 aromatic carbocycles. The van der Waals surface area contributed by atoms with Crippen LogP contribution < -0.4 is 14.8 Å². The summed E-state index contributed by atoms with van der Waals surface area (Å²) in [5.41, 5.74) is 0.842. The number of aliphatic hydroxyl groups excluding tert-OH is 2. The number of hydrogen-bond acceptors (Lipinski definition) is 5. The average Bonchev–Trinajstić information content (AvgIpc) is 3.27. The SMILES string of the molecule is COc1ccc(NC(=O)CC[C@@H](C)[C@@H]2CC[C@@H]3[C@@H]4CC[C@H]5C[C@H](O)CC[C@]5(C)[C@@H]4C[C@H](O)[C@@]32C)c(OC)c1. The van der Waals surface area contributed by atoms with Crippen LogP contribution in [0.3, 0.4) is 0 Å². The van der Waals surface area contributed by atoms with Gasteiger partial charge in [-0.1, -0.05) is 20.8 Å². The van der Waals surface area contributed by atoms with Crippen LogP contribution in [-0.4, -0.2) is 42.5 Å². The third kappa shape index (κ3) is 4.64. The maximum Gasteiger partial charge on any atom is 0.224 e. The van der Waals surface area contributed by atoms with Crippen molar-refractivity contribution in [2.75, 3.05) is 19.5 Å². The Morgan fingerprint density at radius 1 is 1.05 bits per heavy atom. The Bertz CT molecular complexity index is 1010. The minimum atomic E-state index is -0.288. The van der Waals surface area contributed by atoms with Crippen molar-refractivity contribution >= 4 is 11.6 Å². The quantitative estimate of drug-likeness (QED) is 0.402. The second kappa shape index (κ2) is 10.6.